The summed E-state index contributed by atoms with van der Waals surface area (Å²) in [4.78, 5) is 12.0. The standard InChI is InChI=1S/C35H32N4O4/c1-19-26(34(40)41)14-15-27(29(19)28-17-20-8-9-22(28)16-20)33-39-38-32(43-33)24-7-5-6-23(18-24)31-37-36-30(42-31)21-10-12-25(13-11-21)35(2,3)4/h5-15,18,20,22,28H,16-17H2,1-4H3,(H,40,41). The molecule has 0 saturated heterocycles. The van der Waals surface area contributed by atoms with Crippen LogP contribution in [-0.2, 0) is 5.41 Å². The molecule has 0 amide bonds. The topological polar surface area (TPSA) is 115 Å². The Morgan fingerprint density at radius 2 is 1.42 bits per heavy atom. The SMILES string of the molecule is Cc1c(C(=O)O)ccc(-c2nnc(-c3cccc(-c4nnc(-c5ccc(C(C)(C)C)cc5)o4)c3)o2)c1C1CC2C=CC1C2. The second-order valence-corrected chi connectivity index (χ2v) is 12.6. The number of aromatic carboxylic acids is 1. The lowest BCUT2D eigenvalue weighted by Crippen LogP contribution is -2.12. The highest BCUT2D eigenvalue weighted by Crippen LogP contribution is 2.52. The first kappa shape index (κ1) is 27.0. The summed E-state index contributed by atoms with van der Waals surface area (Å²) in [6.45, 7) is 8.42. The summed E-state index contributed by atoms with van der Waals surface area (Å²) in [5, 5.41) is 27.2. The van der Waals surface area contributed by atoms with Gasteiger partial charge in [0.05, 0.1) is 5.56 Å². The number of hydrogen-bond donors (Lipinski definition) is 1. The Labute approximate surface area is 249 Å². The molecule has 8 heteroatoms. The minimum Gasteiger partial charge on any atom is -0.478 e. The van der Waals surface area contributed by atoms with Crippen molar-refractivity contribution in [3.8, 4) is 45.8 Å². The molecule has 3 aromatic carbocycles. The fourth-order valence-electron chi connectivity index (χ4n) is 6.54. The van der Waals surface area contributed by atoms with Crippen LogP contribution >= 0.6 is 0 Å². The van der Waals surface area contributed by atoms with Crippen molar-refractivity contribution in [1.82, 2.24) is 20.4 Å². The normalized spacial score (nSPS) is 19.3. The number of benzene rings is 3. The van der Waals surface area contributed by atoms with Gasteiger partial charge in [0, 0.05) is 22.3 Å². The molecule has 0 aliphatic heterocycles. The maximum absolute atomic E-state index is 12.0. The van der Waals surface area contributed by atoms with Crippen LogP contribution in [0.5, 0.6) is 0 Å². The van der Waals surface area contributed by atoms with E-state index in [1.165, 1.54) is 5.56 Å². The molecule has 2 bridgehead atoms. The number of hydrogen-bond acceptors (Lipinski definition) is 7. The number of carboxylic acids is 1. The lowest BCUT2D eigenvalue weighted by molar-refractivity contribution is 0.0696. The highest BCUT2D eigenvalue weighted by atomic mass is 16.4. The molecule has 5 aromatic rings. The van der Waals surface area contributed by atoms with Crippen molar-refractivity contribution in [3.05, 3.63) is 95.1 Å². The number of nitrogens with zero attached hydrogens (tertiary/aromatic N) is 4. The van der Waals surface area contributed by atoms with Gasteiger partial charge in [-0.3, -0.25) is 0 Å². The third-order valence-corrected chi connectivity index (χ3v) is 8.83. The molecule has 1 fully saturated rings. The lowest BCUT2D eigenvalue weighted by Gasteiger charge is -2.24. The van der Waals surface area contributed by atoms with E-state index in [4.69, 9.17) is 8.83 Å². The Balaban J connectivity index is 1.19. The molecule has 2 aliphatic rings. The third-order valence-electron chi connectivity index (χ3n) is 8.83. The molecule has 0 spiro atoms. The number of rotatable bonds is 6. The van der Waals surface area contributed by atoms with Crippen LogP contribution in [-0.4, -0.2) is 31.5 Å². The number of fused-ring (bicyclic) bond motifs is 2. The van der Waals surface area contributed by atoms with Gasteiger partial charge in [-0.15, -0.1) is 20.4 Å². The molecule has 216 valence electrons. The number of carbonyl (C=O) groups is 1. The van der Waals surface area contributed by atoms with Gasteiger partial charge in [-0.1, -0.05) is 51.1 Å². The summed E-state index contributed by atoms with van der Waals surface area (Å²) in [7, 11) is 0. The average Bonchev–Trinajstić information content (AvgIpc) is 3.81. The van der Waals surface area contributed by atoms with Crippen LogP contribution in [0.25, 0.3) is 45.8 Å². The van der Waals surface area contributed by atoms with E-state index in [2.05, 4.69) is 65.5 Å². The monoisotopic (exact) mass is 572 g/mol. The zero-order valence-electron chi connectivity index (χ0n) is 24.5. The third kappa shape index (κ3) is 4.86. The van der Waals surface area contributed by atoms with E-state index >= 15 is 0 Å². The van der Waals surface area contributed by atoms with Crippen molar-refractivity contribution < 1.29 is 18.7 Å². The largest absolute Gasteiger partial charge is 0.478 e. The quantitative estimate of drug-likeness (QED) is 0.203. The molecule has 8 nitrogen and oxygen atoms in total. The zero-order chi connectivity index (χ0) is 29.9. The molecule has 2 aliphatic carbocycles. The second kappa shape index (κ2) is 10.2. The summed E-state index contributed by atoms with van der Waals surface area (Å²) in [6, 6.07) is 19.2. The summed E-state index contributed by atoms with van der Waals surface area (Å²) in [5.41, 5.74) is 6.46. The summed E-state index contributed by atoms with van der Waals surface area (Å²) in [6.07, 6.45) is 6.64. The Bertz CT molecular complexity index is 1880. The highest BCUT2D eigenvalue weighted by Gasteiger charge is 2.39. The van der Waals surface area contributed by atoms with Crippen LogP contribution < -0.4 is 0 Å². The van der Waals surface area contributed by atoms with Crippen molar-refractivity contribution in [1.29, 1.82) is 0 Å². The van der Waals surface area contributed by atoms with Crippen molar-refractivity contribution in [2.45, 2.75) is 51.9 Å². The van der Waals surface area contributed by atoms with Crippen LogP contribution in [0.4, 0.5) is 0 Å². The maximum atomic E-state index is 12.0. The summed E-state index contributed by atoms with van der Waals surface area (Å²) >= 11 is 0. The van der Waals surface area contributed by atoms with Crippen molar-refractivity contribution in [3.63, 3.8) is 0 Å². The lowest BCUT2D eigenvalue weighted by atomic mass is 9.80. The summed E-state index contributed by atoms with van der Waals surface area (Å²) < 4.78 is 12.3. The molecule has 2 heterocycles. The molecule has 1 saturated carbocycles. The minimum atomic E-state index is -0.932. The van der Waals surface area contributed by atoms with E-state index in [-0.39, 0.29) is 11.3 Å². The minimum absolute atomic E-state index is 0.0589. The van der Waals surface area contributed by atoms with Crippen molar-refractivity contribution >= 4 is 5.97 Å². The van der Waals surface area contributed by atoms with Crippen LogP contribution in [0.1, 0.15) is 66.6 Å². The predicted molar refractivity (Wildman–Crippen MR) is 162 cm³/mol. The van der Waals surface area contributed by atoms with Gasteiger partial charge in [-0.25, -0.2) is 4.79 Å². The van der Waals surface area contributed by atoms with E-state index in [1.807, 2.05) is 49.4 Å². The Morgan fingerprint density at radius 1 is 0.791 bits per heavy atom. The smallest absolute Gasteiger partial charge is 0.335 e. The summed E-state index contributed by atoms with van der Waals surface area (Å²) in [5.74, 6) is 1.78. The van der Waals surface area contributed by atoms with Gasteiger partial charge >= 0.3 is 5.97 Å². The van der Waals surface area contributed by atoms with Crippen LogP contribution in [0.15, 0.2) is 81.7 Å². The molecule has 2 aromatic heterocycles. The molecular formula is C35H32N4O4. The van der Waals surface area contributed by atoms with Crippen LogP contribution in [0.2, 0.25) is 0 Å². The van der Waals surface area contributed by atoms with Crippen LogP contribution in [0, 0.1) is 18.8 Å². The van der Waals surface area contributed by atoms with Gasteiger partial charge in [-0.2, -0.15) is 0 Å². The van der Waals surface area contributed by atoms with Crippen LogP contribution in [0.3, 0.4) is 0 Å². The fraction of sp³-hybridized carbons (Fsp3) is 0.286. The van der Waals surface area contributed by atoms with Gasteiger partial charge in [0.2, 0.25) is 23.6 Å². The molecule has 3 unspecified atom stereocenters. The van der Waals surface area contributed by atoms with E-state index < -0.39 is 5.97 Å². The fourth-order valence-corrected chi connectivity index (χ4v) is 6.54. The number of aromatic nitrogens is 4. The van der Waals surface area contributed by atoms with Gasteiger partial charge in [0.15, 0.2) is 0 Å². The molecule has 0 radical (unpaired) electrons. The van der Waals surface area contributed by atoms with Crippen molar-refractivity contribution in [2.75, 3.05) is 0 Å². The first-order chi connectivity index (χ1) is 20.7. The Morgan fingerprint density at radius 3 is 2.00 bits per heavy atom. The van der Waals surface area contributed by atoms with Gasteiger partial charge in [0.25, 0.3) is 0 Å². The highest BCUT2D eigenvalue weighted by molar-refractivity contribution is 5.91. The van der Waals surface area contributed by atoms with Gasteiger partial charge in [0.1, 0.15) is 0 Å². The van der Waals surface area contributed by atoms with Gasteiger partial charge in [-0.05, 0) is 102 Å². The molecular weight excluding hydrogens is 540 g/mol. The van der Waals surface area contributed by atoms with E-state index in [1.54, 1.807) is 6.07 Å². The predicted octanol–water partition coefficient (Wildman–Crippen LogP) is 8.10. The number of allylic oxidation sites excluding steroid dienone is 2. The molecule has 7 rings (SSSR count). The Kier molecular flexibility index (Phi) is 6.38. The van der Waals surface area contributed by atoms with E-state index in [9.17, 15) is 9.90 Å². The van der Waals surface area contributed by atoms with E-state index in [0.29, 0.717) is 46.5 Å². The molecule has 43 heavy (non-hydrogen) atoms. The average molecular weight is 573 g/mol. The molecule has 3 atom stereocenters. The number of carboxylic acid groups (broad SMARTS) is 1. The molecule has 1 N–H and O–H groups in total. The zero-order valence-corrected chi connectivity index (χ0v) is 24.5. The van der Waals surface area contributed by atoms with Gasteiger partial charge < -0.3 is 13.9 Å². The van der Waals surface area contributed by atoms with Crippen molar-refractivity contribution in [2.24, 2.45) is 11.8 Å². The van der Waals surface area contributed by atoms with E-state index in [0.717, 1.165) is 40.7 Å². The maximum Gasteiger partial charge on any atom is 0.335 e. The Hall–Kier alpha value is -4.85. The second-order valence-electron chi connectivity index (χ2n) is 12.6. The first-order valence-corrected chi connectivity index (χ1v) is 14.6. The first-order valence-electron chi connectivity index (χ1n) is 14.6.